The molecule has 0 atom stereocenters. The molecule has 1 aromatic heterocycles. The minimum atomic E-state index is 0.678. The minimum absolute atomic E-state index is 0.678. The van der Waals surface area contributed by atoms with E-state index >= 15 is 0 Å². The van der Waals surface area contributed by atoms with Gasteiger partial charge in [0.1, 0.15) is 0 Å². The van der Waals surface area contributed by atoms with Crippen LogP contribution in [0.4, 0.5) is 11.4 Å². The van der Waals surface area contributed by atoms with Gasteiger partial charge in [-0.25, -0.2) is 0 Å². The maximum absolute atomic E-state index is 5.85. The first-order valence-corrected chi connectivity index (χ1v) is 4.51. The second kappa shape index (κ2) is 2.87. The first kappa shape index (κ1) is 8.81. The summed E-state index contributed by atoms with van der Waals surface area (Å²) in [6.07, 6.45) is 0. The van der Waals surface area contributed by atoms with Crippen LogP contribution < -0.4 is 11.5 Å². The molecule has 2 rings (SSSR count). The number of anilines is 2. The number of nitrogens with zero attached hydrogens (tertiary/aromatic N) is 1. The lowest BCUT2D eigenvalue weighted by Gasteiger charge is -2.07. The Morgan fingerprint density at radius 1 is 1.07 bits per heavy atom. The van der Waals surface area contributed by atoms with Crippen molar-refractivity contribution < 1.29 is 0 Å². The van der Waals surface area contributed by atoms with Gasteiger partial charge in [-0.15, -0.1) is 0 Å². The van der Waals surface area contributed by atoms with Crippen molar-refractivity contribution in [3.05, 3.63) is 29.5 Å². The highest BCUT2D eigenvalue weighted by Gasteiger charge is 2.05. The zero-order chi connectivity index (χ0) is 10.3. The van der Waals surface area contributed by atoms with E-state index in [2.05, 4.69) is 4.98 Å². The summed E-state index contributed by atoms with van der Waals surface area (Å²) in [5, 5.41) is 0.938. The Hall–Kier alpha value is -1.77. The van der Waals surface area contributed by atoms with Gasteiger partial charge in [0.15, 0.2) is 0 Å². The third kappa shape index (κ3) is 1.18. The molecule has 1 aromatic carbocycles. The summed E-state index contributed by atoms with van der Waals surface area (Å²) in [4.78, 5) is 4.43. The van der Waals surface area contributed by atoms with E-state index in [9.17, 15) is 0 Å². The Kier molecular flexibility index (Phi) is 1.81. The van der Waals surface area contributed by atoms with E-state index in [0.29, 0.717) is 5.69 Å². The molecule has 1 heterocycles. The van der Waals surface area contributed by atoms with Gasteiger partial charge in [-0.05, 0) is 37.6 Å². The average molecular weight is 187 g/mol. The number of nitrogens with two attached hydrogens (primary N) is 2. The van der Waals surface area contributed by atoms with E-state index in [1.165, 1.54) is 0 Å². The summed E-state index contributed by atoms with van der Waals surface area (Å²) < 4.78 is 0. The summed E-state index contributed by atoms with van der Waals surface area (Å²) >= 11 is 0. The third-order valence-electron chi connectivity index (χ3n) is 2.49. The number of hydrogen-bond donors (Lipinski definition) is 2. The Bertz CT molecular complexity index is 457. The highest BCUT2D eigenvalue weighted by molar-refractivity contribution is 5.98. The summed E-state index contributed by atoms with van der Waals surface area (Å²) in [5.41, 5.74) is 16.0. The van der Waals surface area contributed by atoms with Crippen molar-refractivity contribution in [2.24, 2.45) is 0 Å². The van der Waals surface area contributed by atoms with Gasteiger partial charge in [0.05, 0.1) is 11.2 Å². The molecule has 14 heavy (non-hydrogen) atoms. The Morgan fingerprint density at radius 2 is 1.71 bits per heavy atom. The maximum atomic E-state index is 5.85. The Balaban J connectivity index is 2.94. The number of aryl methyl sites for hydroxylation is 2. The van der Waals surface area contributed by atoms with Crippen LogP contribution in [0.15, 0.2) is 18.2 Å². The van der Waals surface area contributed by atoms with Crippen molar-refractivity contribution in [1.82, 2.24) is 4.98 Å². The van der Waals surface area contributed by atoms with Crippen LogP contribution in [-0.2, 0) is 0 Å². The number of rotatable bonds is 0. The molecule has 0 spiro atoms. The molecule has 0 bridgehead atoms. The molecular formula is C11H13N3. The lowest BCUT2D eigenvalue weighted by molar-refractivity contribution is 1.20. The molecule has 0 unspecified atom stereocenters. The molecule has 0 amide bonds. The first-order chi connectivity index (χ1) is 6.59. The van der Waals surface area contributed by atoms with Gasteiger partial charge >= 0.3 is 0 Å². The molecule has 0 fully saturated rings. The summed E-state index contributed by atoms with van der Waals surface area (Å²) in [7, 11) is 0. The maximum Gasteiger partial charge on any atom is 0.0955 e. The second-order valence-corrected chi connectivity index (χ2v) is 3.53. The van der Waals surface area contributed by atoms with Crippen LogP contribution in [0, 0.1) is 13.8 Å². The molecule has 2 aromatic rings. The lowest BCUT2D eigenvalue weighted by Crippen LogP contribution is -1.96. The van der Waals surface area contributed by atoms with Gasteiger partial charge in [0.2, 0.25) is 0 Å². The van der Waals surface area contributed by atoms with Crippen LogP contribution in [0.3, 0.4) is 0 Å². The zero-order valence-electron chi connectivity index (χ0n) is 8.33. The standard InChI is InChI=1S/C11H13N3/c1-6-5-8-9(12)3-4-10(13)11(8)14-7(6)2/h3-5H,12-13H2,1-2H3. The molecule has 72 valence electrons. The van der Waals surface area contributed by atoms with E-state index in [1.54, 1.807) is 6.07 Å². The minimum Gasteiger partial charge on any atom is -0.398 e. The second-order valence-electron chi connectivity index (χ2n) is 3.53. The van der Waals surface area contributed by atoms with Crippen LogP contribution in [0.5, 0.6) is 0 Å². The highest BCUT2D eigenvalue weighted by Crippen LogP contribution is 2.26. The van der Waals surface area contributed by atoms with E-state index in [0.717, 1.165) is 27.8 Å². The first-order valence-electron chi connectivity index (χ1n) is 4.51. The quantitative estimate of drug-likeness (QED) is 0.620. The SMILES string of the molecule is Cc1cc2c(N)ccc(N)c2nc1C. The summed E-state index contributed by atoms with van der Waals surface area (Å²) in [5.74, 6) is 0. The predicted molar refractivity (Wildman–Crippen MR) is 60.0 cm³/mol. The van der Waals surface area contributed by atoms with Gasteiger partial charge in [-0.2, -0.15) is 0 Å². The molecule has 3 nitrogen and oxygen atoms in total. The van der Waals surface area contributed by atoms with Gasteiger partial charge in [-0.1, -0.05) is 0 Å². The van der Waals surface area contributed by atoms with Gasteiger partial charge in [0.25, 0.3) is 0 Å². The fraction of sp³-hybridized carbons (Fsp3) is 0.182. The number of hydrogen-bond acceptors (Lipinski definition) is 3. The molecule has 0 aliphatic heterocycles. The topological polar surface area (TPSA) is 64.9 Å². The lowest BCUT2D eigenvalue weighted by atomic mass is 10.1. The number of aromatic nitrogens is 1. The van der Waals surface area contributed by atoms with Crippen molar-refractivity contribution in [2.75, 3.05) is 11.5 Å². The number of pyridine rings is 1. The molecule has 0 aliphatic rings. The van der Waals surface area contributed by atoms with Crippen LogP contribution in [0.2, 0.25) is 0 Å². The Labute approximate surface area is 82.7 Å². The Morgan fingerprint density at radius 3 is 2.43 bits per heavy atom. The smallest absolute Gasteiger partial charge is 0.0955 e. The number of nitrogen functional groups attached to an aromatic ring is 2. The van der Waals surface area contributed by atoms with E-state index in [1.807, 2.05) is 26.0 Å². The monoisotopic (exact) mass is 187 g/mol. The summed E-state index contributed by atoms with van der Waals surface area (Å²) in [6, 6.07) is 5.64. The van der Waals surface area contributed by atoms with Gasteiger partial charge in [-0.3, -0.25) is 4.98 Å². The van der Waals surface area contributed by atoms with E-state index in [-0.39, 0.29) is 0 Å². The van der Waals surface area contributed by atoms with Crippen LogP contribution >= 0.6 is 0 Å². The summed E-state index contributed by atoms with van der Waals surface area (Å²) in [6.45, 7) is 3.99. The van der Waals surface area contributed by atoms with Crippen LogP contribution in [-0.4, -0.2) is 4.98 Å². The van der Waals surface area contributed by atoms with Crippen molar-refractivity contribution in [3.63, 3.8) is 0 Å². The molecule has 4 N–H and O–H groups in total. The van der Waals surface area contributed by atoms with Gasteiger partial charge < -0.3 is 11.5 Å². The molecule has 3 heteroatoms. The fourth-order valence-corrected chi connectivity index (χ4v) is 1.49. The molecule has 0 radical (unpaired) electrons. The highest BCUT2D eigenvalue weighted by atomic mass is 14.7. The molecular weight excluding hydrogens is 174 g/mol. The van der Waals surface area contributed by atoms with Gasteiger partial charge in [0, 0.05) is 16.8 Å². The average Bonchev–Trinajstić information content (AvgIpc) is 2.15. The van der Waals surface area contributed by atoms with Crippen molar-refractivity contribution in [2.45, 2.75) is 13.8 Å². The van der Waals surface area contributed by atoms with Crippen LogP contribution in [0.1, 0.15) is 11.3 Å². The normalized spacial score (nSPS) is 10.7. The molecule has 0 aliphatic carbocycles. The molecule has 0 saturated heterocycles. The fourth-order valence-electron chi connectivity index (χ4n) is 1.49. The van der Waals surface area contributed by atoms with E-state index in [4.69, 9.17) is 11.5 Å². The van der Waals surface area contributed by atoms with Crippen molar-refractivity contribution >= 4 is 22.3 Å². The van der Waals surface area contributed by atoms with Crippen molar-refractivity contribution in [3.8, 4) is 0 Å². The van der Waals surface area contributed by atoms with Crippen molar-refractivity contribution in [1.29, 1.82) is 0 Å². The van der Waals surface area contributed by atoms with Crippen LogP contribution in [0.25, 0.3) is 10.9 Å². The van der Waals surface area contributed by atoms with E-state index < -0.39 is 0 Å². The number of fused-ring (bicyclic) bond motifs is 1. The number of benzene rings is 1. The third-order valence-corrected chi connectivity index (χ3v) is 2.49. The zero-order valence-corrected chi connectivity index (χ0v) is 8.33. The largest absolute Gasteiger partial charge is 0.398 e. The predicted octanol–water partition coefficient (Wildman–Crippen LogP) is 2.02. The molecule has 0 saturated carbocycles.